The average Bonchev–Trinajstić information content (AvgIpc) is 2.43. The maximum Gasteiger partial charge on any atom is 0.249 e. The van der Waals surface area contributed by atoms with Gasteiger partial charge in [0.25, 0.3) is 0 Å². The number of nitrogens with one attached hydrogen (secondary N) is 1. The molecule has 4 nitrogen and oxygen atoms in total. The summed E-state index contributed by atoms with van der Waals surface area (Å²) in [4.78, 5) is 15.3. The first-order valence-electron chi connectivity index (χ1n) is 4.69. The van der Waals surface area contributed by atoms with Gasteiger partial charge in [0, 0.05) is 6.61 Å². The molecule has 1 rings (SSSR count). The van der Waals surface area contributed by atoms with Gasteiger partial charge in [-0.25, -0.2) is 0 Å². The molecule has 2 unspecified atom stereocenters. The molecule has 1 heterocycles. The highest BCUT2D eigenvalue weighted by Crippen LogP contribution is 2.07. The maximum absolute atomic E-state index is 11.1. The molecular weight excluding hydrogens is 168 g/mol. The van der Waals surface area contributed by atoms with E-state index in [1.54, 1.807) is 6.92 Å². The van der Waals surface area contributed by atoms with Crippen LogP contribution in [0, 0.1) is 0 Å². The number of ether oxygens (including phenoxy) is 1. The Morgan fingerprint density at radius 3 is 2.69 bits per heavy atom. The second kappa shape index (κ2) is 4.37. The summed E-state index contributed by atoms with van der Waals surface area (Å²) in [5, 5.41) is 2.73. The predicted molar refractivity (Wildman–Crippen MR) is 50.7 cm³/mol. The first-order chi connectivity index (χ1) is 6.19. The fourth-order valence-electron chi connectivity index (χ4n) is 1.29. The van der Waals surface area contributed by atoms with Crippen molar-refractivity contribution in [1.29, 1.82) is 0 Å². The Morgan fingerprint density at radius 2 is 2.31 bits per heavy atom. The number of carbonyl (C=O) groups is 1. The fraction of sp³-hybridized carbons (Fsp3) is 0.778. The molecule has 0 aliphatic carbocycles. The predicted octanol–water partition coefficient (Wildman–Crippen LogP) is 0.718. The zero-order valence-electron chi connectivity index (χ0n) is 8.33. The molecule has 13 heavy (non-hydrogen) atoms. The van der Waals surface area contributed by atoms with Crippen LogP contribution in [0.25, 0.3) is 0 Å². The summed E-state index contributed by atoms with van der Waals surface area (Å²) >= 11 is 0. The second-order valence-electron chi connectivity index (χ2n) is 3.03. The summed E-state index contributed by atoms with van der Waals surface area (Å²) in [6.45, 7) is 6.37. The lowest BCUT2D eigenvalue weighted by Gasteiger charge is -2.14. The van der Waals surface area contributed by atoms with E-state index in [2.05, 4.69) is 10.3 Å². The molecule has 0 fully saturated rings. The van der Waals surface area contributed by atoms with Crippen LogP contribution in [0.3, 0.4) is 0 Å². The standard InChI is InChI=1S/C9H16N2O2/c1-4-7(13-5-2)8-10-6(3)9(12)11-8/h6-7H,4-5H2,1-3H3,(H,10,11,12). The van der Waals surface area contributed by atoms with E-state index in [4.69, 9.17) is 4.74 Å². The third-order valence-corrected chi connectivity index (χ3v) is 2.01. The fourth-order valence-corrected chi connectivity index (χ4v) is 1.29. The average molecular weight is 184 g/mol. The van der Waals surface area contributed by atoms with Crippen molar-refractivity contribution in [3.8, 4) is 0 Å². The van der Waals surface area contributed by atoms with Crippen molar-refractivity contribution in [2.75, 3.05) is 6.61 Å². The molecule has 74 valence electrons. The van der Waals surface area contributed by atoms with Gasteiger partial charge < -0.3 is 10.1 Å². The van der Waals surface area contributed by atoms with Crippen LogP contribution in [-0.2, 0) is 9.53 Å². The van der Waals surface area contributed by atoms with Gasteiger partial charge >= 0.3 is 0 Å². The Kier molecular flexibility index (Phi) is 3.42. The lowest BCUT2D eigenvalue weighted by atomic mass is 10.2. The summed E-state index contributed by atoms with van der Waals surface area (Å²) in [6.07, 6.45) is 0.776. The molecule has 1 aliphatic heterocycles. The Labute approximate surface area is 78.4 Å². The molecule has 0 radical (unpaired) electrons. The summed E-state index contributed by atoms with van der Waals surface area (Å²) in [6, 6.07) is -0.260. The lowest BCUT2D eigenvalue weighted by molar-refractivity contribution is -0.119. The maximum atomic E-state index is 11.1. The number of aliphatic imine (C=N–C) groups is 1. The highest BCUT2D eigenvalue weighted by molar-refractivity contribution is 6.07. The quantitative estimate of drug-likeness (QED) is 0.699. The minimum absolute atomic E-state index is 0.0341. The molecule has 4 heteroatoms. The number of amides is 1. The molecule has 0 spiro atoms. The first-order valence-corrected chi connectivity index (χ1v) is 4.69. The van der Waals surface area contributed by atoms with Crippen LogP contribution < -0.4 is 5.32 Å². The second-order valence-corrected chi connectivity index (χ2v) is 3.03. The van der Waals surface area contributed by atoms with Gasteiger partial charge in [-0.15, -0.1) is 0 Å². The summed E-state index contributed by atoms with van der Waals surface area (Å²) in [5.74, 6) is 0.648. The third kappa shape index (κ3) is 2.28. The number of hydrogen-bond donors (Lipinski definition) is 1. The van der Waals surface area contributed by atoms with Crippen molar-refractivity contribution < 1.29 is 9.53 Å². The van der Waals surface area contributed by atoms with Crippen molar-refractivity contribution in [2.24, 2.45) is 4.99 Å². The van der Waals surface area contributed by atoms with Crippen molar-refractivity contribution in [1.82, 2.24) is 5.32 Å². The van der Waals surface area contributed by atoms with E-state index in [-0.39, 0.29) is 18.1 Å². The van der Waals surface area contributed by atoms with Crippen molar-refractivity contribution in [3.05, 3.63) is 0 Å². The third-order valence-electron chi connectivity index (χ3n) is 2.01. The van der Waals surface area contributed by atoms with Crippen molar-refractivity contribution in [2.45, 2.75) is 39.3 Å². The number of amidine groups is 1. The van der Waals surface area contributed by atoms with Gasteiger partial charge in [0.15, 0.2) is 0 Å². The minimum Gasteiger partial charge on any atom is -0.371 e. The van der Waals surface area contributed by atoms with Crippen LogP contribution in [-0.4, -0.2) is 30.5 Å². The van der Waals surface area contributed by atoms with Gasteiger partial charge in [0.2, 0.25) is 5.91 Å². The number of carbonyl (C=O) groups excluding carboxylic acids is 1. The van der Waals surface area contributed by atoms with Crippen LogP contribution in [0.15, 0.2) is 4.99 Å². The van der Waals surface area contributed by atoms with Crippen molar-refractivity contribution >= 4 is 11.7 Å². The highest BCUT2D eigenvalue weighted by atomic mass is 16.5. The molecule has 0 saturated heterocycles. The van der Waals surface area contributed by atoms with Gasteiger partial charge in [-0.2, -0.15) is 0 Å². The number of nitrogens with zero attached hydrogens (tertiary/aromatic N) is 1. The summed E-state index contributed by atoms with van der Waals surface area (Å²) < 4.78 is 5.43. The Balaban J connectivity index is 2.60. The molecule has 0 aromatic carbocycles. The molecule has 1 amide bonds. The van der Waals surface area contributed by atoms with E-state index >= 15 is 0 Å². The molecule has 0 saturated carbocycles. The van der Waals surface area contributed by atoms with Gasteiger partial charge in [-0.3, -0.25) is 9.79 Å². The minimum atomic E-state index is -0.260. The van der Waals surface area contributed by atoms with Gasteiger partial charge in [-0.1, -0.05) is 6.92 Å². The molecule has 0 aromatic heterocycles. The van der Waals surface area contributed by atoms with E-state index in [1.807, 2.05) is 13.8 Å². The van der Waals surface area contributed by atoms with Crippen LogP contribution in [0.1, 0.15) is 27.2 Å². The van der Waals surface area contributed by atoms with Gasteiger partial charge in [0.05, 0.1) is 0 Å². The molecule has 0 bridgehead atoms. The van der Waals surface area contributed by atoms with Gasteiger partial charge in [0.1, 0.15) is 18.0 Å². The monoisotopic (exact) mass is 184 g/mol. The smallest absolute Gasteiger partial charge is 0.249 e. The van der Waals surface area contributed by atoms with E-state index in [1.165, 1.54) is 0 Å². The number of hydrogen-bond acceptors (Lipinski definition) is 3. The molecule has 2 atom stereocenters. The summed E-state index contributed by atoms with van der Waals surface area (Å²) in [5.41, 5.74) is 0. The van der Waals surface area contributed by atoms with E-state index in [0.717, 1.165) is 6.42 Å². The Bertz CT molecular complexity index is 226. The SMILES string of the molecule is CCOC(CC)C1=NC(C)C(=O)N1. The molecular formula is C9H16N2O2. The van der Waals surface area contributed by atoms with Crippen LogP contribution in [0.5, 0.6) is 0 Å². The molecule has 1 N–H and O–H groups in total. The largest absolute Gasteiger partial charge is 0.371 e. The summed E-state index contributed by atoms with van der Waals surface area (Å²) in [7, 11) is 0. The zero-order chi connectivity index (χ0) is 9.84. The molecule has 0 aromatic rings. The van der Waals surface area contributed by atoms with Crippen LogP contribution >= 0.6 is 0 Å². The highest BCUT2D eigenvalue weighted by Gasteiger charge is 2.26. The van der Waals surface area contributed by atoms with Gasteiger partial charge in [-0.05, 0) is 20.3 Å². The van der Waals surface area contributed by atoms with Crippen molar-refractivity contribution in [3.63, 3.8) is 0 Å². The van der Waals surface area contributed by atoms with E-state index in [0.29, 0.717) is 12.4 Å². The number of rotatable bonds is 4. The zero-order valence-corrected chi connectivity index (χ0v) is 8.33. The first kappa shape index (κ1) is 10.2. The lowest BCUT2D eigenvalue weighted by Crippen LogP contribution is -2.36. The topological polar surface area (TPSA) is 50.7 Å². The molecule has 1 aliphatic rings. The van der Waals surface area contributed by atoms with E-state index < -0.39 is 0 Å². The van der Waals surface area contributed by atoms with Crippen LogP contribution in [0.2, 0.25) is 0 Å². The normalized spacial score (nSPS) is 24.1. The Hall–Kier alpha value is -0.900. The Morgan fingerprint density at radius 1 is 1.62 bits per heavy atom. The van der Waals surface area contributed by atoms with Crippen LogP contribution in [0.4, 0.5) is 0 Å². The van der Waals surface area contributed by atoms with E-state index in [9.17, 15) is 4.79 Å².